The molecule has 0 radical (unpaired) electrons. The van der Waals surface area contributed by atoms with Crippen LogP contribution in [0.3, 0.4) is 0 Å². The second-order valence-electron chi connectivity index (χ2n) is 6.47. The van der Waals surface area contributed by atoms with Crippen molar-refractivity contribution < 1.29 is 19.1 Å². The molecule has 27 heavy (non-hydrogen) atoms. The number of carbonyl (C=O) groups is 2. The summed E-state index contributed by atoms with van der Waals surface area (Å²) in [6.45, 7) is 2.00. The summed E-state index contributed by atoms with van der Waals surface area (Å²) in [5.41, 5.74) is 1.85. The number of carbonyl (C=O) groups excluding carboxylic acids is 2. The van der Waals surface area contributed by atoms with Crippen molar-refractivity contribution in [3.63, 3.8) is 0 Å². The molecule has 7 nitrogen and oxygen atoms in total. The van der Waals surface area contributed by atoms with Crippen LogP contribution >= 0.6 is 0 Å². The van der Waals surface area contributed by atoms with E-state index in [1.807, 2.05) is 12.1 Å². The number of hydrogen-bond acceptors (Lipinski definition) is 6. The van der Waals surface area contributed by atoms with Crippen LogP contribution in [0.15, 0.2) is 36.5 Å². The number of nitrogens with zero attached hydrogens (tertiary/aromatic N) is 1. The summed E-state index contributed by atoms with van der Waals surface area (Å²) in [5, 5.41) is 6.08. The number of benzene rings is 1. The molecule has 1 aromatic heterocycles. The van der Waals surface area contributed by atoms with E-state index in [0.29, 0.717) is 22.9 Å². The molecule has 1 amide bonds. The van der Waals surface area contributed by atoms with Crippen LogP contribution in [-0.4, -0.2) is 44.2 Å². The molecule has 0 saturated carbocycles. The van der Waals surface area contributed by atoms with Crippen LogP contribution in [0.1, 0.15) is 32.7 Å². The first-order valence-electron chi connectivity index (χ1n) is 8.84. The molecule has 0 bridgehead atoms. The minimum atomic E-state index is -0.482. The molecule has 1 atom stereocenters. The van der Waals surface area contributed by atoms with Crippen LogP contribution in [-0.2, 0) is 11.2 Å². The lowest BCUT2D eigenvalue weighted by atomic mass is 9.96. The highest BCUT2D eigenvalue weighted by molar-refractivity contribution is 6.04. The third-order valence-corrected chi connectivity index (χ3v) is 4.64. The smallest absolute Gasteiger partial charge is 0.338 e. The van der Waals surface area contributed by atoms with E-state index in [1.54, 1.807) is 13.2 Å². The molecule has 1 aliphatic rings. The first kappa shape index (κ1) is 18.8. The third-order valence-electron chi connectivity index (χ3n) is 4.64. The summed E-state index contributed by atoms with van der Waals surface area (Å²) in [7, 11) is 2.94. The van der Waals surface area contributed by atoms with Gasteiger partial charge in [0.15, 0.2) is 0 Å². The topological polar surface area (TPSA) is 89.5 Å². The number of amides is 1. The van der Waals surface area contributed by atoms with Gasteiger partial charge in [0.2, 0.25) is 0 Å². The number of aromatic nitrogens is 1. The molecule has 1 aliphatic heterocycles. The highest BCUT2D eigenvalue weighted by Crippen LogP contribution is 2.25. The number of pyridine rings is 1. The Balaban J connectivity index is 1.77. The predicted octanol–water partition coefficient (Wildman–Crippen LogP) is 2.28. The molecule has 7 heteroatoms. The van der Waals surface area contributed by atoms with Gasteiger partial charge in [-0.25, -0.2) is 9.78 Å². The molecule has 1 saturated heterocycles. The molecule has 1 unspecified atom stereocenters. The Bertz CT molecular complexity index is 832. The van der Waals surface area contributed by atoms with Crippen molar-refractivity contribution in [2.24, 2.45) is 5.92 Å². The fraction of sp³-hybridized carbons (Fsp3) is 0.350. The molecular weight excluding hydrogens is 346 g/mol. The van der Waals surface area contributed by atoms with Crippen LogP contribution in [0.4, 0.5) is 5.82 Å². The second kappa shape index (κ2) is 8.64. The van der Waals surface area contributed by atoms with E-state index < -0.39 is 5.97 Å². The van der Waals surface area contributed by atoms with Gasteiger partial charge >= 0.3 is 5.97 Å². The molecule has 2 aromatic rings. The lowest BCUT2D eigenvalue weighted by Crippen LogP contribution is -2.15. The summed E-state index contributed by atoms with van der Waals surface area (Å²) in [5.74, 6) is 0.836. The number of esters is 1. The molecule has 2 heterocycles. The van der Waals surface area contributed by atoms with Crippen molar-refractivity contribution in [1.29, 1.82) is 0 Å². The number of ether oxygens (including phenoxy) is 2. The Morgan fingerprint density at radius 2 is 2.07 bits per heavy atom. The van der Waals surface area contributed by atoms with Gasteiger partial charge in [0.25, 0.3) is 5.91 Å². The van der Waals surface area contributed by atoms with Gasteiger partial charge in [-0.3, -0.25) is 4.79 Å². The Morgan fingerprint density at radius 3 is 2.78 bits per heavy atom. The number of methoxy groups -OCH3 is 2. The zero-order valence-electron chi connectivity index (χ0n) is 15.5. The average Bonchev–Trinajstić information content (AvgIpc) is 3.20. The minimum Gasteiger partial charge on any atom is -0.496 e. The highest BCUT2D eigenvalue weighted by Gasteiger charge is 2.19. The Morgan fingerprint density at radius 1 is 1.22 bits per heavy atom. The summed E-state index contributed by atoms with van der Waals surface area (Å²) in [6.07, 6.45) is 3.42. The quantitative estimate of drug-likeness (QED) is 0.760. The van der Waals surface area contributed by atoms with Crippen LogP contribution < -0.4 is 15.4 Å². The zero-order chi connectivity index (χ0) is 19.2. The van der Waals surface area contributed by atoms with E-state index in [2.05, 4.69) is 20.4 Å². The maximum absolute atomic E-state index is 12.6. The van der Waals surface area contributed by atoms with Crippen molar-refractivity contribution in [2.45, 2.75) is 12.8 Å². The second-order valence-corrected chi connectivity index (χ2v) is 6.47. The van der Waals surface area contributed by atoms with E-state index >= 15 is 0 Å². The van der Waals surface area contributed by atoms with E-state index in [4.69, 9.17) is 4.74 Å². The monoisotopic (exact) mass is 369 g/mol. The molecule has 1 fully saturated rings. The van der Waals surface area contributed by atoms with Crippen LogP contribution in [0.5, 0.6) is 5.75 Å². The molecule has 1 aromatic carbocycles. The molecule has 3 rings (SSSR count). The largest absolute Gasteiger partial charge is 0.496 e. The van der Waals surface area contributed by atoms with Crippen LogP contribution in [0.2, 0.25) is 0 Å². The van der Waals surface area contributed by atoms with E-state index in [0.717, 1.165) is 37.2 Å². The van der Waals surface area contributed by atoms with Gasteiger partial charge in [-0.15, -0.1) is 0 Å². The Hall–Kier alpha value is -2.93. The van der Waals surface area contributed by atoms with Gasteiger partial charge in [-0.05, 0) is 67.7 Å². The number of anilines is 1. The van der Waals surface area contributed by atoms with Crippen molar-refractivity contribution in [2.75, 3.05) is 32.6 Å². The Kier molecular flexibility index (Phi) is 6.03. The van der Waals surface area contributed by atoms with E-state index in [1.165, 1.54) is 25.4 Å². The maximum Gasteiger partial charge on any atom is 0.338 e. The van der Waals surface area contributed by atoms with Crippen molar-refractivity contribution >= 4 is 17.7 Å². The fourth-order valence-electron chi connectivity index (χ4n) is 3.21. The van der Waals surface area contributed by atoms with E-state index in [9.17, 15) is 9.59 Å². The Labute approximate surface area is 158 Å². The molecule has 0 aliphatic carbocycles. The summed E-state index contributed by atoms with van der Waals surface area (Å²) in [4.78, 5) is 28.3. The summed E-state index contributed by atoms with van der Waals surface area (Å²) in [6, 6.07) is 8.40. The van der Waals surface area contributed by atoms with Gasteiger partial charge in [-0.1, -0.05) is 0 Å². The SMILES string of the molecule is COC(=O)c1ccnc(NC(=O)c2ccc(OC)c(CC3CCNC3)c2)c1. The normalized spacial score (nSPS) is 16.0. The standard InChI is InChI=1S/C20H23N3O4/c1-26-17-4-3-14(10-16(17)9-13-5-7-21-12-13)19(24)23-18-11-15(6-8-22-18)20(25)27-2/h3-4,6,8,10-11,13,21H,5,7,9,12H2,1-2H3,(H,22,23,24). The van der Waals surface area contributed by atoms with Gasteiger partial charge in [0, 0.05) is 11.8 Å². The average molecular weight is 369 g/mol. The van der Waals surface area contributed by atoms with Gasteiger partial charge < -0.3 is 20.1 Å². The van der Waals surface area contributed by atoms with Crippen LogP contribution in [0, 0.1) is 5.92 Å². The first-order chi connectivity index (χ1) is 13.1. The molecule has 142 valence electrons. The van der Waals surface area contributed by atoms with Gasteiger partial charge in [0.05, 0.1) is 19.8 Å². The van der Waals surface area contributed by atoms with Crippen molar-refractivity contribution in [3.8, 4) is 5.75 Å². The minimum absolute atomic E-state index is 0.292. The molecule has 2 N–H and O–H groups in total. The molecule has 0 spiro atoms. The fourth-order valence-corrected chi connectivity index (χ4v) is 3.21. The van der Waals surface area contributed by atoms with Crippen LogP contribution in [0.25, 0.3) is 0 Å². The lowest BCUT2D eigenvalue weighted by molar-refractivity contribution is 0.0600. The van der Waals surface area contributed by atoms with E-state index in [-0.39, 0.29) is 5.91 Å². The summed E-state index contributed by atoms with van der Waals surface area (Å²) >= 11 is 0. The van der Waals surface area contributed by atoms with Crippen molar-refractivity contribution in [1.82, 2.24) is 10.3 Å². The number of hydrogen-bond donors (Lipinski definition) is 2. The first-order valence-corrected chi connectivity index (χ1v) is 8.84. The van der Waals surface area contributed by atoms with Gasteiger partial charge in [0.1, 0.15) is 11.6 Å². The number of rotatable bonds is 6. The maximum atomic E-state index is 12.6. The lowest BCUT2D eigenvalue weighted by Gasteiger charge is -2.14. The predicted molar refractivity (Wildman–Crippen MR) is 101 cm³/mol. The van der Waals surface area contributed by atoms with Gasteiger partial charge in [-0.2, -0.15) is 0 Å². The zero-order valence-corrected chi connectivity index (χ0v) is 15.5. The van der Waals surface area contributed by atoms with Crippen molar-refractivity contribution in [3.05, 3.63) is 53.2 Å². The highest BCUT2D eigenvalue weighted by atomic mass is 16.5. The molecular formula is C20H23N3O4. The third kappa shape index (κ3) is 4.62. The summed E-state index contributed by atoms with van der Waals surface area (Å²) < 4.78 is 10.1. The number of nitrogens with one attached hydrogen (secondary N) is 2.